The second-order valence-electron chi connectivity index (χ2n) is 7.69. The summed E-state index contributed by atoms with van der Waals surface area (Å²) in [5, 5.41) is 8.36. The van der Waals surface area contributed by atoms with E-state index in [2.05, 4.69) is 21.6 Å². The van der Waals surface area contributed by atoms with Crippen molar-refractivity contribution in [3.63, 3.8) is 0 Å². The fourth-order valence-corrected chi connectivity index (χ4v) is 4.72. The van der Waals surface area contributed by atoms with Crippen molar-refractivity contribution in [3.8, 4) is 11.5 Å². The molecule has 0 radical (unpaired) electrons. The van der Waals surface area contributed by atoms with Gasteiger partial charge in [-0.05, 0) is 43.8 Å². The van der Waals surface area contributed by atoms with Gasteiger partial charge < -0.3 is 20.1 Å². The number of rotatable bonds is 7. The minimum Gasteiger partial charge on any atom is -0.486 e. The van der Waals surface area contributed by atoms with Gasteiger partial charge in [0.15, 0.2) is 11.5 Å². The van der Waals surface area contributed by atoms with Crippen molar-refractivity contribution in [3.05, 3.63) is 39.5 Å². The van der Waals surface area contributed by atoms with Gasteiger partial charge in [-0.15, -0.1) is 11.3 Å². The van der Waals surface area contributed by atoms with Crippen molar-refractivity contribution in [2.24, 2.45) is 5.92 Å². The zero-order valence-electron chi connectivity index (χ0n) is 17.2. The van der Waals surface area contributed by atoms with Crippen LogP contribution in [0, 0.1) is 5.92 Å². The van der Waals surface area contributed by atoms with E-state index in [1.807, 2.05) is 11.4 Å². The molecule has 4 rings (SSSR count). The first-order valence-electron chi connectivity index (χ1n) is 10.5. The number of piperidine rings is 1. The number of benzene rings is 1. The molecule has 3 heterocycles. The topological polar surface area (TPSA) is 79.9 Å². The van der Waals surface area contributed by atoms with E-state index in [4.69, 9.17) is 21.1 Å². The molecule has 0 saturated carbocycles. The van der Waals surface area contributed by atoms with Crippen LogP contribution >= 0.6 is 22.9 Å². The molecule has 1 fully saturated rings. The maximum atomic E-state index is 12.5. The first kappa shape index (κ1) is 21.9. The van der Waals surface area contributed by atoms with E-state index in [-0.39, 0.29) is 24.3 Å². The molecule has 2 aliphatic heterocycles. The number of halogens is 1. The smallest absolute Gasteiger partial charge is 0.238 e. The Kier molecular flexibility index (Phi) is 7.32. The lowest BCUT2D eigenvalue weighted by Crippen LogP contribution is -2.43. The van der Waals surface area contributed by atoms with E-state index in [1.54, 1.807) is 23.5 Å². The molecule has 2 amide bonds. The van der Waals surface area contributed by atoms with Crippen LogP contribution in [0.25, 0.3) is 0 Å². The highest BCUT2D eigenvalue weighted by molar-refractivity contribution is 7.09. The van der Waals surface area contributed by atoms with E-state index in [1.165, 1.54) is 4.88 Å². The summed E-state index contributed by atoms with van der Waals surface area (Å²) in [6.07, 6.45) is 2.37. The molecule has 2 N–H and O–H groups in total. The van der Waals surface area contributed by atoms with Gasteiger partial charge in [-0.25, -0.2) is 0 Å². The zero-order chi connectivity index (χ0) is 21.6. The summed E-state index contributed by atoms with van der Waals surface area (Å²) in [4.78, 5) is 28.3. The molecule has 1 saturated heterocycles. The number of thiophene rings is 1. The van der Waals surface area contributed by atoms with E-state index < -0.39 is 0 Å². The second-order valence-corrected chi connectivity index (χ2v) is 9.13. The molecule has 0 atom stereocenters. The number of likely N-dealkylation sites (tertiary alicyclic amines) is 1. The zero-order valence-corrected chi connectivity index (χ0v) is 18.8. The lowest BCUT2D eigenvalue weighted by atomic mass is 9.96. The summed E-state index contributed by atoms with van der Waals surface area (Å²) < 4.78 is 11.0. The third-order valence-corrected chi connectivity index (χ3v) is 6.73. The normalized spacial score (nSPS) is 16.7. The van der Waals surface area contributed by atoms with Crippen LogP contribution in [-0.2, 0) is 16.0 Å². The Morgan fingerprint density at radius 2 is 1.90 bits per heavy atom. The highest BCUT2D eigenvalue weighted by Crippen LogP contribution is 2.37. The largest absolute Gasteiger partial charge is 0.486 e. The predicted molar refractivity (Wildman–Crippen MR) is 121 cm³/mol. The first-order valence-corrected chi connectivity index (χ1v) is 11.8. The van der Waals surface area contributed by atoms with Crippen molar-refractivity contribution in [2.75, 3.05) is 44.7 Å². The van der Waals surface area contributed by atoms with Gasteiger partial charge in [-0.2, -0.15) is 0 Å². The Balaban J connectivity index is 1.20. The maximum Gasteiger partial charge on any atom is 0.238 e. The van der Waals surface area contributed by atoms with Gasteiger partial charge in [0.25, 0.3) is 0 Å². The third-order valence-electron chi connectivity index (χ3n) is 5.48. The third kappa shape index (κ3) is 5.90. The van der Waals surface area contributed by atoms with Crippen LogP contribution < -0.4 is 20.1 Å². The van der Waals surface area contributed by atoms with Gasteiger partial charge >= 0.3 is 0 Å². The molecule has 1 aromatic carbocycles. The van der Waals surface area contributed by atoms with Crippen LogP contribution in [-0.4, -0.2) is 56.1 Å². The van der Waals surface area contributed by atoms with Gasteiger partial charge in [-0.1, -0.05) is 17.7 Å². The quantitative estimate of drug-likeness (QED) is 0.659. The van der Waals surface area contributed by atoms with Crippen molar-refractivity contribution in [1.29, 1.82) is 0 Å². The SMILES string of the molecule is O=C(CN1CCC(C(=O)NCCc2cccs2)CC1)Nc1cc2c(cc1Cl)OCCO2. The van der Waals surface area contributed by atoms with Crippen molar-refractivity contribution in [2.45, 2.75) is 19.3 Å². The van der Waals surface area contributed by atoms with Crippen LogP contribution in [0.1, 0.15) is 17.7 Å². The van der Waals surface area contributed by atoms with Crippen LogP contribution in [0.4, 0.5) is 5.69 Å². The molecule has 2 aromatic rings. The Morgan fingerprint density at radius 1 is 1.16 bits per heavy atom. The van der Waals surface area contributed by atoms with E-state index in [0.29, 0.717) is 55.1 Å². The minimum absolute atomic E-state index is 0.00915. The Hall–Kier alpha value is -2.29. The predicted octanol–water partition coefficient (Wildman–Crippen LogP) is 3.18. The van der Waals surface area contributed by atoms with E-state index in [0.717, 1.165) is 19.3 Å². The molecule has 31 heavy (non-hydrogen) atoms. The van der Waals surface area contributed by atoms with E-state index >= 15 is 0 Å². The fourth-order valence-electron chi connectivity index (χ4n) is 3.81. The molecular weight excluding hydrogens is 438 g/mol. The second kappa shape index (κ2) is 10.3. The molecule has 7 nitrogen and oxygen atoms in total. The number of anilines is 1. The van der Waals surface area contributed by atoms with Crippen molar-refractivity contribution in [1.82, 2.24) is 10.2 Å². The summed E-state index contributed by atoms with van der Waals surface area (Å²) >= 11 is 7.98. The highest BCUT2D eigenvalue weighted by Gasteiger charge is 2.26. The van der Waals surface area contributed by atoms with Gasteiger partial charge in [0, 0.05) is 29.5 Å². The molecule has 0 spiro atoms. The fraction of sp³-hybridized carbons (Fsp3) is 0.455. The summed E-state index contributed by atoms with van der Waals surface area (Å²) in [6, 6.07) is 7.46. The number of hydrogen-bond acceptors (Lipinski definition) is 6. The van der Waals surface area contributed by atoms with Gasteiger partial charge in [0.2, 0.25) is 11.8 Å². The lowest BCUT2D eigenvalue weighted by Gasteiger charge is -2.30. The number of hydrogen-bond donors (Lipinski definition) is 2. The first-order chi connectivity index (χ1) is 15.1. The van der Waals surface area contributed by atoms with Gasteiger partial charge in [0.05, 0.1) is 17.3 Å². The Morgan fingerprint density at radius 3 is 2.61 bits per heavy atom. The number of carbonyl (C=O) groups excluding carboxylic acids is 2. The van der Waals surface area contributed by atoms with Crippen LogP contribution in [0.5, 0.6) is 11.5 Å². The molecule has 9 heteroatoms. The molecular formula is C22H26ClN3O4S. The minimum atomic E-state index is -0.141. The number of ether oxygens (including phenoxy) is 2. The lowest BCUT2D eigenvalue weighted by molar-refractivity contribution is -0.126. The van der Waals surface area contributed by atoms with Crippen LogP contribution in [0.15, 0.2) is 29.6 Å². The molecule has 0 unspecified atom stereocenters. The monoisotopic (exact) mass is 463 g/mol. The average Bonchev–Trinajstić information content (AvgIpc) is 3.28. The Labute approximate surface area is 190 Å². The number of nitrogens with one attached hydrogen (secondary N) is 2. The maximum absolute atomic E-state index is 12.5. The van der Waals surface area contributed by atoms with Gasteiger partial charge in [-0.3, -0.25) is 14.5 Å². The van der Waals surface area contributed by atoms with Gasteiger partial charge in [0.1, 0.15) is 13.2 Å². The molecule has 0 aliphatic carbocycles. The molecule has 0 bridgehead atoms. The average molecular weight is 464 g/mol. The van der Waals surface area contributed by atoms with Crippen molar-refractivity contribution >= 4 is 40.4 Å². The number of nitrogens with zero attached hydrogens (tertiary/aromatic N) is 1. The van der Waals surface area contributed by atoms with Crippen molar-refractivity contribution < 1.29 is 19.1 Å². The summed E-state index contributed by atoms with van der Waals surface area (Å²) in [5.41, 5.74) is 0.510. The summed E-state index contributed by atoms with van der Waals surface area (Å²) in [5.74, 6) is 1.15. The molecule has 1 aromatic heterocycles. The standard InChI is InChI=1S/C22H26ClN3O4S/c23-17-12-19-20(30-10-9-29-19)13-18(17)25-21(27)14-26-7-4-15(5-8-26)22(28)24-6-3-16-2-1-11-31-16/h1-2,11-13,15H,3-10,14H2,(H,24,28)(H,25,27). The Bertz CT molecular complexity index is 914. The number of fused-ring (bicyclic) bond motifs is 1. The summed E-state index contributed by atoms with van der Waals surface area (Å²) in [6.45, 7) is 3.31. The number of carbonyl (C=O) groups is 2. The van der Waals surface area contributed by atoms with E-state index in [9.17, 15) is 9.59 Å². The summed E-state index contributed by atoms with van der Waals surface area (Å²) in [7, 11) is 0. The molecule has 166 valence electrons. The highest BCUT2D eigenvalue weighted by atomic mass is 35.5. The molecule has 2 aliphatic rings. The van der Waals surface area contributed by atoms with Crippen LogP contribution in [0.3, 0.4) is 0 Å². The number of amides is 2. The van der Waals surface area contributed by atoms with Crippen LogP contribution in [0.2, 0.25) is 5.02 Å².